The molecule has 2 amide bonds. The Hall–Kier alpha value is -2.71. The van der Waals surface area contributed by atoms with Crippen LogP contribution in [-0.4, -0.2) is 28.3 Å². The van der Waals surface area contributed by atoms with E-state index < -0.39 is 11.8 Å². The Morgan fingerprint density at radius 2 is 1.78 bits per heavy atom. The van der Waals surface area contributed by atoms with Gasteiger partial charge in [-0.05, 0) is 36.4 Å². The predicted molar refractivity (Wildman–Crippen MR) is 86.6 cm³/mol. The lowest BCUT2D eigenvalue weighted by Gasteiger charge is -2.03. The number of phenolic OH excluding ortho intramolecular Hbond substituents is 1. The molecular formula is C15H12BrN3O4. The first-order valence-electron chi connectivity index (χ1n) is 6.37. The molecule has 0 aliphatic heterocycles. The Balaban J connectivity index is 2.09. The number of amides is 2. The standard InChI is InChI=1S/C15H12BrN3O4/c16-12-4-5-13(20)11(7-12)8-17-18-14(21)9-2-1-3-10(6-9)15(22)19-23/h1-8,20,23H,(H,18,21)(H,19,22)/b17-8+. The number of rotatable bonds is 4. The fourth-order valence-electron chi connectivity index (χ4n) is 1.72. The highest BCUT2D eigenvalue weighted by Gasteiger charge is 2.09. The first-order valence-corrected chi connectivity index (χ1v) is 7.17. The molecule has 0 spiro atoms. The number of nitrogens with zero attached hydrogens (tertiary/aromatic N) is 1. The fraction of sp³-hybridized carbons (Fsp3) is 0. The summed E-state index contributed by atoms with van der Waals surface area (Å²) in [6.07, 6.45) is 1.29. The van der Waals surface area contributed by atoms with E-state index in [-0.39, 0.29) is 16.9 Å². The van der Waals surface area contributed by atoms with Crippen LogP contribution >= 0.6 is 15.9 Å². The van der Waals surface area contributed by atoms with E-state index in [4.69, 9.17) is 5.21 Å². The molecule has 0 aliphatic carbocycles. The molecule has 118 valence electrons. The number of hydrazone groups is 1. The average molecular weight is 378 g/mol. The van der Waals surface area contributed by atoms with Gasteiger partial charge in [-0.1, -0.05) is 22.0 Å². The van der Waals surface area contributed by atoms with Crippen LogP contribution in [0.4, 0.5) is 0 Å². The SMILES string of the molecule is O=C(NO)c1cccc(C(=O)N/N=C/c2cc(Br)ccc2O)c1. The summed E-state index contributed by atoms with van der Waals surface area (Å²) in [5.74, 6) is -1.24. The van der Waals surface area contributed by atoms with E-state index in [1.54, 1.807) is 12.1 Å². The van der Waals surface area contributed by atoms with Gasteiger partial charge in [0, 0.05) is 21.2 Å². The summed E-state index contributed by atoms with van der Waals surface area (Å²) in [5.41, 5.74) is 4.53. The predicted octanol–water partition coefficient (Wildman–Crippen LogP) is 2.04. The van der Waals surface area contributed by atoms with Crippen LogP contribution in [-0.2, 0) is 0 Å². The van der Waals surface area contributed by atoms with E-state index in [2.05, 4.69) is 26.5 Å². The number of aromatic hydroxyl groups is 1. The quantitative estimate of drug-likeness (QED) is 0.371. The lowest BCUT2D eigenvalue weighted by molar-refractivity contribution is 0.0706. The Morgan fingerprint density at radius 1 is 1.09 bits per heavy atom. The number of phenols is 1. The number of halogens is 1. The van der Waals surface area contributed by atoms with Gasteiger partial charge in [-0.3, -0.25) is 14.8 Å². The van der Waals surface area contributed by atoms with Gasteiger partial charge < -0.3 is 5.11 Å². The van der Waals surface area contributed by atoms with Gasteiger partial charge in [0.1, 0.15) is 5.75 Å². The van der Waals surface area contributed by atoms with Crippen LogP contribution < -0.4 is 10.9 Å². The van der Waals surface area contributed by atoms with Gasteiger partial charge in [0.05, 0.1) is 6.21 Å². The van der Waals surface area contributed by atoms with Crippen LogP contribution in [0.5, 0.6) is 5.75 Å². The number of carbonyl (C=O) groups is 2. The van der Waals surface area contributed by atoms with Crippen molar-refractivity contribution in [1.82, 2.24) is 10.9 Å². The van der Waals surface area contributed by atoms with Crippen LogP contribution in [0.2, 0.25) is 0 Å². The van der Waals surface area contributed by atoms with Crippen molar-refractivity contribution in [3.63, 3.8) is 0 Å². The minimum Gasteiger partial charge on any atom is -0.507 e. The molecular weight excluding hydrogens is 366 g/mol. The summed E-state index contributed by atoms with van der Waals surface area (Å²) in [4.78, 5) is 23.3. The Labute approximate surface area is 139 Å². The van der Waals surface area contributed by atoms with Crippen molar-refractivity contribution in [3.8, 4) is 5.75 Å². The molecule has 23 heavy (non-hydrogen) atoms. The van der Waals surface area contributed by atoms with Gasteiger partial charge in [-0.25, -0.2) is 10.9 Å². The molecule has 0 heterocycles. The van der Waals surface area contributed by atoms with Crippen molar-refractivity contribution >= 4 is 34.0 Å². The van der Waals surface area contributed by atoms with Gasteiger partial charge in [-0.15, -0.1) is 0 Å². The van der Waals surface area contributed by atoms with Crippen LogP contribution in [0.25, 0.3) is 0 Å². The van der Waals surface area contributed by atoms with Crippen LogP contribution in [0.1, 0.15) is 26.3 Å². The molecule has 8 heteroatoms. The molecule has 0 fully saturated rings. The molecule has 2 aromatic carbocycles. The maximum absolute atomic E-state index is 12.0. The number of benzene rings is 2. The van der Waals surface area contributed by atoms with Crippen molar-refractivity contribution in [2.75, 3.05) is 0 Å². The maximum atomic E-state index is 12.0. The van der Waals surface area contributed by atoms with E-state index in [1.807, 2.05) is 0 Å². The summed E-state index contributed by atoms with van der Waals surface area (Å²) in [7, 11) is 0. The number of hydroxylamine groups is 1. The molecule has 0 aliphatic rings. The van der Waals surface area contributed by atoms with Gasteiger partial charge >= 0.3 is 0 Å². The van der Waals surface area contributed by atoms with Gasteiger partial charge in [0.2, 0.25) is 0 Å². The summed E-state index contributed by atoms with van der Waals surface area (Å²) >= 11 is 3.26. The third-order valence-electron chi connectivity index (χ3n) is 2.85. The second-order valence-corrected chi connectivity index (χ2v) is 5.34. The molecule has 0 radical (unpaired) electrons. The Morgan fingerprint density at radius 3 is 2.48 bits per heavy atom. The molecule has 0 saturated carbocycles. The van der Waals surface area contributed by atoms with Crippen LogP contribution in [0, 0.1) is 0 Å². The smallest absolute Gasteiger partial charge is 0.274 e. The van der Waals surface area contributed by atoms with Crippen molar-refractivity contribution in [2.45, 2.75) is 0 Å². The zero-order chi connectivity index (χ0) is 16.8. The van der Waals surface area contributed by atoms with Gasteiger partial charge in [0.15, 0.2) is 0 Å². The lowest BCUT2D eigenvalue weighted by Crippen LogP contribution is -2.21. The van der Waals surface area contributed by atoms with Crippen LogP contribution in [0.3, 0.4) is 0 Å². The van der Waals surface area contributed by atoms with Gasteiger partial charge in [-0.2, -0.15) is 5.10 Å². The third kappa shape index (κ3) is 4.38. The molecule has 0 saturated heterocycles. The van der Waals surface area contributed by atoms with Crippen molar-refractivity contribution in [2.24, 2.45) is 5.10 Å². The second-order valence-electron chi connectivity index (χ2n) is 4.42. The van der Waals surface area contributed by atoms with E-state index in [0.29, 0.717) is 5.56 Å². The number of carbonyl (C=O) groups excluding carboxylic acids is 2. The molecule has 4 N–H and O–H groups in total. The molecule has 0 unspecified atom stereocenters. The Bertz CT molecular complexity index is 777. The minimum atomic E-state index is -0.720. The maximum Gasteiger partial charge on any atom is 0.274 e. The van der Waals surface area contributed by atoms with Crippen molar-refractivity contribution < 1.29 is 19.9 Å². The van der Waals surface area contributed by atoms with E-state index >= 15 is 0 Å². The van der Waals surface area contributed by atoms with E-state index in [9.17, 15) is 14.7 Å². The zero-order valence-corrected chi connectivity index (χ0v) is 13.2. The first-order chi connectivity index (χ1) is 11.0. The summed E-state index contributed by atoms with van der Waals surface area (Å²) < 4.78 is 0.755. The van der Waals surface area contributed by atoms with Crippen molar-refractivity contribution in [3.05, 3.63) is 63.6 Å². The zero-order valence-electron chi connectivity index (χ0n) is 11.7. The van der Waals surface area contributed by atoms with Crippen LogP contribution in [0.15, 0.2) is 52.0 Å². The topological polar surface area (TPSA) is 111 Å². The largest absolute Gasteiger partial charge is 0.507 e. The average Bonchev–Trinajstić information content (AvgIpc) is 2.57. The minimum absolute atomic E-state index is 0.0211. The molecule has 0 bridgehead atoms. The molecule has 0 aromatic heterocycles. The fourth-order valence-corrected chi connectivity index (χ4v) is 2.10. The summed E-state index contributed by atoms with van der Waals surface area (Å²) in [6.45, 7) is 0. The monoisotopic (exact) mass is 377 g/mol. The van der Waals surface area contributed by atoms with E-state index in [1.165, 1.54) is 42.0 Å². The molecule has 7 nitrogen and oxygen atoms in total. The highest BCUT2D eigenvalue weighted by Crippen LogP contribution is 2.19. The third-order valence-corrected chi connectivity index (χ3v) is 3.34. The van der Waals surface area contributed by atoms with Gasteiger partial charge in [0.25, 0.3) is 11.8 Å². The molecule has 0 atom stereocenters. The summed E-state index contributed by atoms with van der Waals surface area (Å²) in [5, 5.41) is 22.0. The molecule has 2 aromatic rings. The number of hydrogen-bond acceptors (Lipinski definition) is 5. The normalized spacial score (nSPS) is 10.5. The van der Waals surface area contributed by atoms with Crippen molar-refractivity contribution in [1.29, 1.82) is 0 Å². The lowest BCUT2D eigenvalue weighted by atomic mass is 10.1. The summed E-state index contributed by atoms with van der Waals surface area (Å²) in [6, 6.07) is 10.6. The highest BCUT2D eigenvalue weighted by molar-refractivity contribution is 9.10. The number of nitrogens with one attached hydrogen (secondary N) is 2. The Kier molecular flexibility index (Phi) is 5.45. The number of hydrogen-bond donors (Lipinski definition) is 4. The van der Waals surface area contributed by atoms with E-state index in [0.717, 1.165) is 4.47 Å². The molecule has 2 rings (SSSR count). The second kappa shape index (κ2) is 7.52. The highest BCUT2D eigenvalue weighted by atomic mass is 79.9. The first kappa shape index (κ1) is 16.7.